The van der Waals surface area contributed by atoms with Gasteiger partial charge >= 0.3 is 0 Å². The summed E-state index contributed by atoms with van der Waals surface area (Å²) >= 11 is 8.32. The van der Waals surface area contributed by atoms with Crippen molar-refractivity contribution < 1.29 is 9.47 Å². The molecular weight excluding hydrogens is 422 g/mol. The van der Waals surface area contributed by atoms with E-state index < -0.39 is 0 Å². The number of nitrogens with one attached hydrogen (secondary N) is 1. The van der Waals surface area contributed by atoms with Gasteiger partial charge in [-0.05, 0) is 50.9 Å². The molecule has 2 rings (SSSR count). The number of aromatic nitrogens is 2. The molecule has 5 nitrogen and oxygen atoms in total. The van der Waals surface area contributed by atoms with Crippen molar-refractivity contribution in [2.24, 2.45) is 0 Å². The van der Waals surface area contributed by atoms with Crippen LogP contribution < -0.4 is 14.8 Å². The third-order valence-corrected chi connectivity index (χ3v) is 4.60. The van der Waals surface area contributed by atoms with E-state index in [1.807, 2.05) is 12.1 Å². The molecule has 1 heterocycles. The molecule has 0 aliphatic carbocycles. The smallest absolute Gasteiger partial charge is 0.299 e. The Kier molecular flexibility index (Phi) is 6.40. The van der Waals surface area contributed by atoms with Crippen LogP contribution in [0.4, 0.5) is 0 Å². The monoisotopic (exact) mass is 435 g/mol. The first kappa shape index (κ1) is 16.7. The molecule has 0 amide bonds. The standard InChI is InChI=1S/C13H15Br2N3O2S/c1-3-4-16-7-12-17-18-13(21-12)20-11-6-8(14)10(19-2)5-9(11)15/h5-6,16H,3-4,7H2,1-2H3. The maximum absolute atomic E-state index is 5.76. The number of hydrogen-bond donors (Lipinski definition) is 1. The minimum absolute atomic E-state index is 0.515. The first-order chi connectivity index (χ1) is 10.1. The highest BCUT2D eigenvalue weighted by Gasteiger charge is 2.12. The van der Waals surface area contributed by atoms with Crippen LogP contribution in [0.2, 0.25) is 0 Å². The zero-order chi connectivity index (χ0) is 15.2. The molecule has 0 fully saturated rings. The van der Waals surface area contributed by atoms with E-state index in [0.29, 0.717) is 17.5 Å². The third-order valence-electron chi connectivity index (χ3n) is 2.55. The maximum Gasteiger partial charge on any atom is 0.299 e. The summed E-state index contributed by atoms with van der Waals surface area (Å²) in [4.78, 5) is 0. The number of benzene rings is 1. The summed E-state index contributed by atoms with van der Waals surface area (Å²) in [7, 11) is 1.62. The fourth-order valence-electron chi connectivity index (χ4n) is 1.56. The molecule has 0 unspecified atom stereocenters. The molecule has 1 aromatic heterocycles. The van der Waals surface area contributed by atoms with Crippen molar-refractivity contribution in [1.29, 1.82) is 0 Å². The van der Waals surface area contributed by atoms with Crippen LogP contribution >= 0.6 is 43.2 Å². The van der Waals surface area contributed by atoms with Gasteiger partial charge in [-0.25, -0.2) is 0 Å². The van der Waals surface area contributed by atoms with E-state index in [1.54, 1.807) is 7.11 Å². The minimum Gasteiger partial charge on any atom is -0.496 e. The van der Waals surface area contributed by atoms with Crippen molar-refractivity contribution in [2.75, 3.05) is 13.7 Å². The number of hydrogen-bond acceptors (Lipinski definition) is 6. The lowest BCUT2D eigenvalue weighted by molar-refractivity contribution is 0.409. The van der Waals surface area contributed by atoms with E-state index in [-0.39, 0.29) is 0 Å². The lowest BCUT2D eigenvalue weighted by Gasteiger charge is -2.08. The molecule has 114 valence electrons. The number of halogens is 2. The molecule has 1 N–H and O–H groups in total. The molecule has 0 atom stereocenters. The van der Waals surface area contributed by atoms with Crippen LogP contribution in [0, 0.1) is 0 Å². The molecule has 0 saturated carbocycles. The van der Waals surface area contributed by atoms with Gasteiger partial charge in [0.25, 0.3) is 5.19 Å². The second-order valence-electron chi connectivity index (χ2n) is 4.16. The summed E-state index contributed by atoms with van der Waals surface area (Å²) in [5, 5.41) is 12.8. The van der Waals surface area contributed by atoms with Crippen molar-refractivity contribution in [3.63, 3.8) is 0 Å². The van der Waals surface area contributed by atoms with Gasteiger partial charge in [-0.3, -0.25) is 0 Å². The topological polar surface area (TPSA) is 56.3 Å². The van der Waals surface area contributed by atoms with Gasteiger partial charge in [-0.2, -0.15) is 0 Å². The molecule has 1 aromatic carbocycles. The van der Waals surface area contributed by atoms with Crippen LogP contribution in [0.15, 0.2) is 21.1 Å². The summed E-state index contributed by atoms with van der Waals surface area (Å²) in [5.74, 6) is 1.39. The third kappa shape index (κ3) is 4.64. The number of ether oxygens (including phenoxy) is 2. The Morgan fingerprint density at radius 2 is 1.90 bits per heavy atom. The number of rotatable bonds is 7. The molecule has 2 aromatic rings. The van der Waals surface area contributed by atoms with Crippen LogP contribution in [-0.2, 0) is 6.54 Å². The van der Waals surface area contributed by atoms with Gasteiger partial charge in [-0.1, -0.05) is 23.4 Å². The average molecular weight is 437 g/mol. The molecular formula is C13H15Br2N3O2S. The fourth-order valence-corrected chi connectivity index (χ4v) is 3.12. The fraction of sp³-hybridized carbons (Fsp3) is 0.385. The van der Waals surface area contributed by atoms with Crippen LogP contribution in [-0.4, -0.2) is 23.9 Å². The van der Waals surface area contributed by atoms with Crippen molar-refractivity contribution >= 4 is 43.2 Å². The Morgan fingerprint density at radius 1 is 1.19 bits per heavy atom. The van der Waals surface area contributed by atoms with Gasteiger partial charge < -0.3 is 14.8 Å². The number of methoxy groups -OCH3 is 1. The van der Waals surface area contributed by atoms with Gasteiger partial charge in [0, 0.05) is 12.6 Å². The van der Waals surface area contributed by atoms with Crippen molar-refractivity contribution in [1.82, 2.24) is 15.5 Å². The van der Waals surface area contributed by atoms with Gasteiger partial charge in [0.15, 0.2) is 0 Å². The van der Waals surface area contributed by atoms with Gasteiger partial charge in [0.2, 0.25) is 0 Å². The maximum atomic E-state index is 5.76. The Morgan fingerprint density at radius 3 is 2.62 bits per heavy atom. The molecule has 0 bridgehead atoms. The Hall–Kier alpha value is -0.700. The van der Waals surface area contributed by atoms with Crippen LogP contribution in [0.1, 0.15) is 18.4 Å². The van der Waals surface area contributed by atoms with Crippen molar-refractivity contribution in [3.8, 4) is 16.7 Å². The molecule has 0 radical (unpaired) electrons. The first-order valence-electron chi connectivity index (χ1n) is 6.38. The first-order valence-corrected chi connectivity index (χ1v) is 8.78. The molecule has 0 spiro atoms. The highest BCUT2D eigenvalue weighted by Crippen LogP contribution is 2.38. The average Bonchev–Trinajstić information content (AvgIpc) is 2.90. The van der Waals surface area contributed by atoms with E-state index in [9.17, 15) is 0 Å². The van der Waals surface area contributed by atoms with Gasteiger partial charge in [0.1, 0.15) is 16.5 Å². The van der Waals surface area contributed by atoms with E-state index in [2.05, 4.69) is 54.3 Å². The van der Waals surface area contributed by atoms with Crippen LogP contribution in [0.5, 0.6) is 16.7 Å². The summed E-state index contributed by atoms with van der Waals surface area (Å²) in [6.45, 7) is 3.80. The lowest BCUT2D eigenvalue weighted by Crippen LogP contribution is -2.13. The van der Waals surface area contributed by atoms with E-state index in [1.165, 1.54) is 11.3 Å². The molecule has 0 aliphatic rings. The second kappa shape index (κ2) is 8.07. The van der Waals surface area contributed by atoms with Gasteiger partial charge in [0.05, 0.1) is 16.1 Å². The molecule has 0 aliphatic heterocycles. The second-order valence-corrected chi connectivity index (χ2v) is 6.89. The molecule has 8 heteroatoms. The Balaban J connectivity index is 2.06. The normalized spacial score (nSPS) is 10.7. The van der Waals surface area contributed by atoms with Crippen molar-refractivity contribution in [3.05, 3.63) is 26.1 Å². The van der Waals surface area contributed by atoms with Crippen LogP contribution in [0.25, 0.3) is 0 Å². The summed E-state index contributed by atoms with van der Waals surface area (Å²) in [6.07, 6.45) is 1.09. The van der Waals surface area contributed by atoms with Crippen molar-refractivity contribution in [2.45, 2.75) is 19.9 Å². The highest BCUT2D eigenvalue weighted by atomic mass is 79.9. The summed E-state index contributed by atoms with van der Waals surface area (Å²) < 4.78 is 12.6. The zero-order valence-corrected chi connectivity index (χ0v) is 15.6. The van der Waals surface area contributed by atoms with E-state index in [0.717, 1.165) is 32.7 Å². The summed E-state index contributed by atoms with van der Waals surface area (Å²) in [6, 6.07) is 3.67. The molecule has 21 heavy (non-hydrogen) atoms. The molecule has 0 saturated heterocycles. The highest BCUT2D eigenvalue weighted by molar-refractivity contribution is 9.11. The summed E-state index contributed by atoms with van der Waals surface area (Å²) in [5.41, 5.74) is 0. The Bertz CT molecular complexity index is 607. The Labute approximate surface area is 144 Å². The van der Waals surface area contributed by atoms with Gasteiger partial charge in [-0.15, -0.1) is 5.10 Å². The number of nitrogens with zero attached hydrogens (tertiary/aromatic N) is 2. The van der Waals surface area contributed by atoms with E-state index >= 15 is 0 Å². The van der Waals surface area contributed by atoms with Crippen LogP contribution in [0.3, 0.4) is 0 Å². The quantitative estimate of drug-likeness (QED) is 0.653. The largest absolute Gasteiger partial charge is 0.496 e. The predicted octanol–water partition coefficient (Wildman–Crippen LogP) is 4.36. The minimum atomic E-state index is 0.515. The van der Waals surface area contributed by atoms with E-state index in [4.69, 9.17) is 9.47 Å². The zero-order valence-electron chi connectivity index (χ0n) is 11.7. The lowest BCUT2D eigenvalue weighted by atomic mass is 10.3. The predicted molar refractivity (Wildman–Crippen MR) is 90.4 cm³/mol. The SMILES string of the molecule is CCCNCc1nnc(Oc2cc(Br)c(OC)cc2Br)s1.